The molecule has 0 aliphatic rings. The number of nitrogens with zero attached hydrogens (tertiary/aromatic N) is 3. The summed E-state index contributed by atoms with van der Waals surface area (Å²) in [6.07, 6.45) is 4.92. The number of esters is 1. The Labute approximate surface area is 130 Å². The van der Waals surface area contributed by atoms with Crippen LogP contribution in [-0.4, -0.2) is 20.3 Å². The molecule has 0 bridgehead atoms. The van der Waals surface area contributed by atoms with Crippen molar-refractivity contribution >= 4 is 34.8 Å². The molecule has 3 rings (SSSR count). The lowest BCUT2D eigenvalue weighted by atomic mass is 10.3. The first-order valence-electron chi connectivity index (χ1n) is 6.04. The standard InChI is InChI=1S/C14H9Cl2N3O2/c15-9-5-11(16)13-18-10(7-19(13)6-9)8-21-14(20)12-3-1-2-4-17-12/h1-7H,8H2. The van der Waals surface area contributed by atoms with E-state index in [0.29, 0.717) is 21.4 Å². The summed E-state index contributed by atoms with van der Waals surface area (Å²) in [5.74, 6) is -0.503. The van der Waals surface area contributed by atoms with Crippen molar-refractivity contribution in [3.05, 3.63) is 64.3 Å². The van der Waals surface area contributed by atoms with Gasteiger partial charge in [-0.15, -0.1) is 0 Å². The third-order valence-corrected chi connectivity index (χ3v) is 3.23. The van der Waals surface area contributed by atoms with Crippen LogP contribution in [0.1, 0.15) is 16.2 Å². The van der Waals surface area contributed by atoms with E-state index in [9.17, 15) is 4.79 Å². The number of fused-ring (bicyclic) bond motifs is 1. The van der Waals surface area contributed by atoms with Gasteiger partial charge >= 0.3 is 5.97 Å². The highest BCUT2D eigenvalue weighted by atomic mass is 35.5. The summed E-state index contributed by atoms with van der Waals surface area (Å²) in [4.78, 5) is 20.0. The quantitative estimate of drug-likeness (QED) is 0.694. The molecular weight excluding hydrogens is 313 g/mol. The lowest BCUT2D eigenvalue weighted by Gasteiger charge is -2.01. The van der Waals surface area contributed by atoms with Gasteiger partial charge < -0.3 is 9.14 Å². The van der Waals surface area contributed by atoms with Crippen molar-refractivity contribution in [2.45, 2.75) is 6.61 Å². The molecule has 0 saturated carbocycles. The molecule has 0 fully saturated rings. The summed E-state index contributed by atoms with van der Waals surface area (Å²) in [6.45, 7) is 0.0328. The normalized spacial score (nSPS) is 10.8. The van der Waals surface area contributed by atoms with Crippen LogP contribution in [0.5, 0.6) is 0 Å². The van der Waals surface area contributed by atoms with E-state index in [1.165, 1.54) is 6.20 Å². The first-order valence-corrected chi connectivity index (χ1v) is 6.80. The number of ether oxygens (including phenoxy) is 1. The summed E-state index contributed by atoms with van der Waals surface area (Å²) in [5.41, 5.74) is 1.38. The molecule has 0 unspecified atom stereocenters. The van der Waals surface area contributed by atoms with Crippen molar-refractivity contribution in [2.75, 3.05) is 0 Å². The topological polar surface area (TPSA) is 56.5 Å². The van der Waals surface area contributed by atoms with Crippen molar-refractivity contribution in [1.82, 2.24) is 14.4 Å². The highest BCUT2D eigenvalue weighted by molar-refractivity contribution is 6.36. The van der Waals surface area contributed by atoms with Gasteiger partial charge in [-0.1, -0.05) is 29.3 Å². The minimum atomic E-state index is -0.503. The first kappa shape index (κ1) is 13.9. The molecule has 0 spiro atoms. The maximum Gasteiger partial charge on any atom is 0.357 e. The van der Waals surface area contributed by atoms with Crippen LogP contribution in [0, 0.1) is 0 Å². The SMILES string of the molecule is O=C(OCc1cn2cc(Cl)cc(Cl)c2n1)c1ccccn1. The average Bonchev–Trinajstić information content (AvgIpc) is 2.89. The van der Waals surface area contributed by atoms with Crippen LogP contribution in [0.25, 0.3) is 5.65 Å². The van der Waals surface area contributed by atoms with E-state index in [1.807, 2.05) is 0 Å². The Morgan fingerprint density at radius 3 is 2.90 bits per heavy atom. The van der Waals surface area contributed by atoms with E-state index < -0.39 is 5.97 Å². The number of imidazole rings is 1. The molecule has 0 amide bonds. The Kier molecular flexibility index (Phi) is 3.77. The Balaban J connectivity index is 1.77. The minimum Gasteiger partial charge on any atom is -0.454 e. The Hall–Kier alpha value is -2.11. The fourth-order valence-corrected chi connectivity index (χ4v) is 2.37. The van der Waals surface area contributed by atoms with Crippen molar-refractivity contribution in [3.8, 4) is 0 Å². The third kappa shape index (κ3) is 2.99. The molecule has 106 valence electrons. The molecule has 7 heteroatoms. The molecule has 0 saturated heterocycles. The Morgan fingerprint density at radius 2 is 2.14 bits per heavy atom. The lowest BCUT2D eigenvalue weighted by molar-refractivity contribution is 0.0461. The Bertz CT molecular complexity index is 803. The van der Waals surface area contributed by atoms with E-state index in [2.05, 4.69) is 9.97 Å². The number of rotatable bonds is 3. The van der Waals surface area contributed by atoms with Gasteiger partial charge in [0.2, 0.25) is 0 Å². The summed E-state index contributed by atoms with van der Waals surface area (Å²) in [7, 11) is 0. The van der Waals surface area contributed by atoms with Gasteiger partial charge in [0, 0.05) is 18.6 Å². The van der Waals surface area contributed by atoms with E-state index in [4.69, 9.17) is 27.9 Å². The van der Waals surface area contributed by atoms with Crippen LogP contribution in [0.4, 0.5) is 0 Å². The predicted molar refractivity (Wildman–Crippen MR) is 78.6 cm³/mol. The zero-order chi connectivity index (χ0) is 14.8. The molecule has 5 nitrogen and oxygen atoms in total. The maximum absolute atomic E-state index is 11.8. The molecule has 3 aromatic rings. The number of hydrogen-bond acceptors (Lipinski definition) is 4. The van der Waals surface area contributed by atoms with Crippen molar-refractivity contribution in [3.63, 3.8) is 0 Å². The highest BCUT2D eigenvalue weighted by Gasteiger charge is 2.11. The van der Waals surface area contributed by atoms with E-state index in [0.717, 1.165) is 0 Å². The summed E-state index contributed by atoms with van der Waals surface area (Å²) in [5, 5.41) is 0.937. The monoisotopic (exact) mass is 321 g/mol. The van der Waals surface area contributed by atoms with E-state index in [-0.39, 0.29) is 12.3 Å². The summed E-state index contributed by atoms with van der Waals surface area (Å²) < 4.78 is 6.85. The van der Waals surface area contributed by atoms with Crippen LogP contribution < -0.4 is 0 Å². The van der Waals surface area contributed by atoms with Gasteiger partial charge in [-0.2, -0.15) is 0 Å². The number of hydrogen-bond donors (Lipinski definition) is 0. The number of pyridine rings is 2. The number of carbonyl (C=O) groups excluding carboxylic acids is 1. The second-order valence-electron chi connectivity index (χ2n) is 4.26. The van der Waals surface area contributed by atoms with Gasteiger partial charge in [0.15, 0.2) is 5.65 Å². The van der Waals surface area contributed by atoms with Gasteiger partial charge in [-0.05, 0) is 18.2 Å². The zero-order valence-electron chi connectivity index (χ0n) is 10.7. The third-order valence-electron chi connectivity index (χ3n) is 2.75. The number of carbonyl (C=O) groups is 1. The summed E-state index contributed by atoms with van der Waals surface area (Å²) >= 11 is 12.0. The van der Waals surface area contributed by atoms with Crippen molar-refractivity contribution in [2.24, 2.45) is 0 Å². The second kappa shape index (κ2) is 5.71. The molecule has 0 aromatic carbocycles. The van der Waals surface area contributed by atoms with Gasteiger partial charge in [-0.25, -0.2) is 14.8 Å². The zero-order valence-corrected chi connectivity index (χ0v) is 12.2. The molecule has 0 atom stereocenters. The molecular formula is C14H9Cl2N3O2. The fraction of sp³-hybridized carbons (Fsp3) is 0.0714. The van der Waals surface area contributed by atoms with Gasteiger partial charge in [0.05, 0.1) is 15.7 Å². The second-order valence-corrected chi connectivity index (χ2v) is 5.10. The molecule has 3 heterocycles. The summed E-state index contributed by atoms with van der Waals surface area (Å²) in [6, 6.07) is 6.64. The smallest absolute Gasteiger partial charge is 0.357 e. The van der Waals surface area contributed by atoms with Crippen LogP contribution in [0.3, 0.4) is 0 Å². The molecule has 3 aromatic heterocycles. The molecule has 0 aliphatic carbocycles. The lowest BCUT2D eigenvalue weighted by Crippen LogP contribution is -2.07. The molecule has 0 N–H and O–H groups in total. The largest absolute Gasteiger partial charge is 0.454 e. The Morgan fingerprint density at radius 1 is 1.29 bits per heavy atom. The number of aromatic nitrogens is 3. The van der Waals surface area contributed by atoms with Crippen LogP contribution >= 0.6 is 23.2 Å². The fourth-order valence-electron chi connectivity index (χ4n) is 1.84. The van der Waals surface area contributed by atoms with Crippen LogP contribution in [-0.2, 0) is 11.3 Å². The molecule has 0 aliphatic heterocycles. The van der Waals surface area contributed by atoms with Crippen molar-refractivity contribution in [1.29, 1.82) is 0 Å². The number of halogens is 2. The van der Waals surface area contributed by atoms with Crippen LogP contribution in [0.15, 0.2) is 42.9 Å². The predicted octanol–water partition coefficient (Wildman–Crippen LogP) is 3.39. The van der Waals surface area contributed by atoms with Crippen LogP contribution in [0.2, 0.25) is 10.0 Å². The maximum atomic E-state index is 11.8. The van der Waals surface area contributed by atoms with Gasteiger partial charge in [0.25, 0.3) is 0 Å². The highest BCUT2D eigenvalue weighted by Crippen LogP contribution is 2.22. The van der Waals surface area contributed by atoms with E-state index >= 15 is 0 Å². The van der Waals surface area contributed by atoms with E-state index in [1.54, 1.807) is 41.1 Å². The molecule has 0 radical (unpaired) electrons. The van der Waals surface area contributed by atoms with Gasteiger partial charge in [-0.3, -0.25) is 0 Å². The minimum absolute atomic E-state index is 0.0328. The average molecular weight is 322 g/mol. The van der Waals surface area contributed by atoms with Crippen molar-refractivity contribution < 1.29 is 9.53 Å². The first-order chi connectivity index (χ1) is 10.1. The van der Waals surface area contributed by atoms with Gasteiger partial charge in [0.1, 0.15) is 12.3 Å². The molecule has 21 heavy (non-hydrogen) atoms.